The van der Waals surface area contributed by atoms with Crippen molar-refractivity contribution in [2.24, 2.45) is 7.05 Å². The third-order valence-corrected chi connectivity index (χ3v) is 3.06. The number of anilines is 1. The molecule has 0 fully saturated rings. The molecule has 1 aromatic carbocycles. The molecule has 8 heteroatoms. The summed E-state index contributed by atoms with van der Waals surface area (Å²) < 4.78 is 1.76. The maximum absolute atomic E-state index is 12.2. The Morgan fingerprint density at radius 1 is 1.48 bits per heavy atom. The fourth-order valence-electron chi connectivity index (χ4n) is 1.95. The zero-order valence-corrected chi connectivity index (χ0v) is 11.7. The standard InChI is InChI=1S/C13H15N5O3/c1-14-10-5-3-4-9(12(10)18(20)21)13(19)16-8-11-15-6-7-17(11)2/h3-7,14H,8H2,1-2H3,(H,16,19). The van der Waals surface area contributed by atoms with Gasteiger partial charge in [0.2, 0.25) is 0 Å². The smallest absolute Gasteiger partial charge is 0.305 e. The van der Waals surface area contributed by atoms with Gasteiger partial charge in [0.05, 0.1) is 11.5 Å². The number of hydrogen-bond acceptors (Lipinski definition) is 5. The highest BCUT2D eigenvalue weighted by Gasteiger charge is 2.23. The normalized spacial score (nSPS) is 10.2. The quantitative estimate of drug-likeness (QED) is 0.638. The number of hydrogen-bond donors (Lipinski definition) is 2. The van der Waals surface area contributed by atoms with Crippen molar-refractivity contribution in [1.82, 2.24) is 14.9 Å². The van der Waals surface area contributed by atoms with E-state index in [4.69, 9.17) is 0 Å². The average molecular weight is 289 g/mol. The summed E-state index contributed by atoms with van der Waals surface area (Å²) in [6.07, 6.45) is 3.37. The molecule has 0 saturated carbocycles. The Hall–Kier alpha value is -2.90. The van der Waals surface area contributed by atoms with E-state index in [1.807, 2.05) is 0 Å². The van der Waals surface area contributed by atoms with Gasteiger partial charge in [0.15, 0.2) is 0 Å². The lowest BCUT2D eigenvalue weighted by Crippen LogP contribution is -2.25. The maximum Gasteiger partial charge on any atom is 0.305 e. The molecule has 2 aromatic rings. The molecule has 1 amide bonds. The highest BCUT2D eigenvalue weighted by Crippen LogP contribution is 2.28. The van der Waals surface area contributed by atoms with Crippen molar-refractivity contribution in [3.63, 3.8) is 0 Å². The molecule has 0 aliphatic rings. The first-order valence-corrected chi connectivity index (χ1v) is 6.24. The third-order valence-electron chi connectivity index (χ3n) is 3.06. The molecule has 1 heterocycles. The minimum Gasteiger partial charge on any atom is -0.383 e. The van der Waals surface area contributed by atoms with Crippen LogP contribution < -0.4 is 10.6 Å². The summed E-state index contributed by atoms with van der Waals surface area (Å²) in [6.45, 7) is 0.198. The van der Waals surface area contributed by atoms with E-state index in [-0.39, 0.29) is 17.8 Å². The van der Waals surface area contributed by atoms with E-state index in [1.165, 1.54) is 6.07 Å². The number of rotatable bonds is 5. The Morgan fingerprint density at radius 3 is 2.81 bits per heavy atom. The summed E-state index contributed by atoms with van der Waals surface area (Å²) >= 11 is 0. The molecule has 2 rings (SSSR count). The monoisotopic (exact) mass is 289 g/mol. The number of carbonyl (C=O) groups is 1. The first kappa shape index (κ1) is 14.5. The van der Waals surface area contributed by atoms with E-state index in [0.29, 0.717) is 11.5 Å². The van der Waals surface area contributed by atoms with Crippen LogP contribution in [0.3, 0.4) is 0 Å². The van der Waals surface area contributed by atoms with Crippen molar-refractivity contribution < 1.29 is 9.72 Å². The number of aromatic nitrogens is 2. The number of nitro benzene ring substituents is 1. The molecule has 0 spiro atoms. The zero-order chi connectivity index (χ0) is 15.4. The van der Waals surface area contributed by atoms with Crippen molar-refractivity contribution in [2.75, 3.05) is 12.4 Å². The number of aryl methyl sites for hydroxylation is 1. The van der Waals surface area contributed by atoms with Gasteiger partial charge in [-0.25, -0.2) is 4.98 Å². The van der Waals surface area contributed by atoms with Crippen LogP contribution in [-0.2, 0) is 13.6 Å². The lowest BCUT2D eigenvalue weighted by molar-refractivity contribution is -0.384. The van der Waals surface area contributed by atoms with Crippen LogP contribution in [0.15, 0.2) is 30.6 Å². The van der Waals surface area contributed by atoms with E-state index >= 15 is 0 Å². The molecule has 0 aliphatic carbocycles. The summed E-state index contributed by atoms with van der Waals surface area (Å²) in [5.74, 6) is 0.151. The number of carbonyl (C=O) groups excluding carboxylic acids is 1. The van der Waals surface area contributed by atoms with Gasteiger partial charge in [-0.3, -0.25) is 14.9 Å². The van der Waals surface area contributed by atoms with E-state index < -0.39 is 10.8 Å². The predicted octanol–water partition coefficient (Wildman–Crippen LogP) is 1.30. The van der Waals surface area contributed by atoms with E-state index in [2.05, 4.69) is 15.6 Å². The highest BCUT2D eigenvalue weighted by molar-refractivity contribution is 6.00. The molecule has 0 saturated heterocycles. The molecule has 1 aromatic heterocycles. The van der Waals surface area contributed by atoms with Crippen molar-refractivity contribution >= 4 is 17.3 Å². The van der Waals surface area contributed by atoms with Crippen LogP contribution in [0.1, 0.15) is 16.2 Å². The lowest BCUT2D eigenvalue weighted by atomic mass is 10.1. The summed E-state index contributed by atoms with van der Waals surface area (Å²) in [7, 11) is 3.37. The second-order valence-corrected chi connectivity index (χ2v) is 4.35. The first-order chi connectivity index (χ1) is 10.0. The van der Waals surface area contributed by atoms with E-state index in [1.54, 1.807) is 43.2 Å². The second-order valence-electron chi connectivity index (χ2n) is 4.35. The van der Waals surface area contributed by atoms with Crippen molar-refractivity contribution in [2.45, 2.75) is 6.54 Å². The van der Waals surface area contributed by atoms with Crippen LogP contribution in [-0.4, -0.2) is 27.4 Å². The van der Waals surface area contributed by atoms with Gasteiger partial charge in [0, 0.05) is 26.5 Å². The van der Waals surface area contributed by atoms with Crippen molar-refractivity contribution in [3.8, 4) is 0 Å². The van der Waals surface area contributed by atoms with Gasteiger partial charge in [-0.2, -0.15) is 0 Å². The van der Waals surface area contributed by atoms with Gasteiger partial charge in [0.1, 0.15) is 17.1 Å². The number of nitrogens with one attached hydrogen (secondary N) is 2. The molecular formula is C13H15N5O3. The molecule has 8 nitrogen and oxygen atoms in total. The zero-order valence-electron chi connectivity index (χ0n) is 11.7. The van der Waals surface area contributed by atoms with Crippen LogP contribution in [0.2, 0.25) is 0 Å². The summed E-state index contributed by atoms with van der Waals surface area (Å²) in [4.78, 5) is 26.8. The molecule has 0 bridgehead atoms. The SMILES string of the molecule is CNc1cccc(C(=O)NCc2nccn2C)c1[N+](=O)[O-]. The Morgan fingerprint density at radius 2 is 2.24 bits per heavy atom. The Labute approximate surface area is 121 Å². The van der Waals surface area contributed by atoms with E-state index in [9.17, 15) is 14.9 Å². The number of para-hydroxylation sites is 1. The Balaban J connectivity index is 2.23. The minimum absolute atomic E-state index is 0.0149. The lowest BCUT2D eigenvalue weighted by Gasteiger charge is -2.08. The largest absolute Gasteiger partial charge is 0.383 e. The number of nitro groups is 1. The molecule has 110 valence electrons. The fourth-order valence-corrected chi connectivity index (χ4v) is 1.95. The maximum atomic E-state index is 12.2. The molecule has 0 unspecified atom stereocenters. The first-order valence-electron chi connectivity index (χ1n) is 6.24. The van der Waals surface area contributed by atoms with Gasteiger partial charge >= 0.3 is 5.69 Å². The van der Waals surface area contributed by atoms with Crippen LogP contribution in [0.5, 0.6) is 0 Å². The topological polar surface area (TPSA) is 102 Å². The molecular weight excluding hydrogens is 274 g/mol. The van der Waals surface area contributed by atoms with E-state index in [0.717, 1.165) is 0 Å². The minimum atomic E-state index is -0.568. The molecule has 0 atom stereocenters. The van der Waals surface area contributed by atoms with Gasteiger partial charge in [-0.05, 0) is 12.1 Å². The van der Waals surface area contributed by atoms with Crippen LogP contribution in [0.4, 0.5) is 11.4 Å². The molecule has 21 heavy (non-hydrogen) atoms. The number of amides is 1. The van der Waals surface area contributed by atoms with Crippen LogP contribution in [0, 0.1) is 10.1 Å². The van der Waals surface area contributed by atoms with Crippen LogP contribution >= 0.6 is 0 Å². The van der Waals surface area contributed by atoms with Crippen LogP contribution in [0.25, 0.3) is 0 Å². The van der Waals surface area contributed by atoms with Gasteiger partial charge < -0.3 is 15.2 Å². The Bertz CT molecular complexity index is 680. The van der Waals surface area contributed by atoms with Gasteiger partial charge in [0.25, 0.3) is 5.91 Å². The Kier molecular flexibility index (Phi) is 4.17. The number of benzene rings is 1. The van der Waals surface area contributed by atoms with Gasteiger partial charge in [-0.15, -0.1) is 0 Å². The number of nitrogens with zero attached hydrogens (tertiary/aromatic N) is 3. The summed E-state index contributed by atoms with van der Waals surface area (Å²) in [5.41, 5.74) is 0.0723. The summed E-state index contributed by atoms with van der Waals surface area (Å²) in [5, 5.41) is 16.5. The van der Waals surface area contributed by atoms with Crippen molar-refractivity contribution in [1.29, 1.82) is 0 Å². The second kappa shape index (κ2) is 6.04. The molecule has 0 aliphatic heterocycles. The average Bonchev–Trinajstić information content (AvgIpc) is 2.89. The fraction of sp³-hybridized carbons (Fsp3) is 0.231. The molecule has 2 N–H and O–H groups in total. The highest BCUT2D eigenvalue weighted by atomic mass is 16.6. The summed E-state index contributed by atoms with van der Waals surface area (Å²) in [6, 6.07) is 4.56. The predicted molar refractivity (Wildman–Crippen MR) is 77.0 cm³/mol. The van der Waals surface area contributed by atoms with Gasteiger partial charge in [-0.1, -0.05) is 6.07 Å². The number of imidazole rings is 1. The molecule has 0 radical (unpaired) electrons. The van der Waals surface area contributed by atoms with Crippen molar-refractivity contribution in [3.05, 3.63) is 52.1 Å². The third kappa shape index (κ3) is 2.99.